The van der Waals surface area contributed by atoms with Crippen molar-refractivity contribution in [2.75, 3.05) is 27.3 Å². The van der Waals surface area contributed by atoms with Crippen LogP contribution in [0, 0.1) is 0 Å². The van der Waals surface area contributed by atoms with Crippen molar-refractivity contribution in [3.63, 3.8) is 0 Å². The summed E-state index contributed by atoms with van der Waals surface area (Å²) in [6.45, 7) is 0.617. The number of alkyl halides is 3. The van der Waals surface area contributed by atoms with Gasteiger partial charge in [0.1, 0.15) is 5.75 Å². The van der Waals surface area contributed by atoms with Crippen LogP contribution in [-0.2, 0) is 11.0 Å². The molecule has 0 saturated carbocycles. The van der Waals surface area contributed by atoms with Crippen molar-refractivity contribution in [2.24, 2.45) is 0 Å². The minimum atomic E-state index is -4.63. The number of piperidine rings is 1. The van der Waals surface area contributed by atoms with Crippen LogP contribution in [0.5, 0.6) is 17.2 Å². The molecule has 0 spiro atoms. The van der Waals surface area contributed by atoms with E-state index in [0.29, 0.717) is 18.0 Å². The second kappa shape index (κ2) is 9.78. The Hall–Kier alpha value is -2.45. The van der Waals surface area contributed by atoms with E-state index in [2.05, 4.69) is 0 Å². The third kappa shape index (κ3) is 5.62. The van der Waals surface area contributed by atoms with Gasteiger partial charge in [-0.15, -0.1) is 0 Å². The van der Waals surface area contributed by atoms with Crippen LogP contribution in [0.2, 0.25) is 5.02 Å². The van der Waals surface area contributed by atoms with E-state index in [1.54, 1.807) is 14.2 Å². The number of nitrogens with zero attached hydrogens (tertiary/aromatic N) is 1. The quantitative estimate of drug-likeness (QED) is 0.423. The molecule has 0 radical (unpaired) electrons. The molecule has 1 heterocycles. The Morgan fingerprint density at radius 1 is 1.10 bits per heavy atom. The maximum atomic E-state index is 13.0. The third-order valence-corrected chi connectivity index (χ3v) is 5.54. The average Bonchev–Trinajstić information content (AvgIpc) is 2.74. The zero-order valence-electron chi connectivity index (χ0n) is 17.2. The zero-order chi connectivity index (χ0) is 22.6. The summed E-state index contributed by atoms with van der Waals surface area (Å²) in [6, 6.07) is 8.62. The molecule has 1 saturated heterocycles. The van der Waals surface area contributed by atoms with Gasteiger partial charge in [0.2, 0.25) is 0 Å². The molecule has 0 bridgehead atoms. The van der Waals surface area contributed by atoms with Crippen molar-refractivity contribution in [1.82, 2.24) is 4.90 Å². The average molecular weight is 458 g/mol. The Kier molecular flexibility index (Phi) is 7.33. The second-order valence-electron chi connectivity index (χ2n) is 7.21. The van der Waals surface area contributed by atoms with Crippen molar-refractivity contribution in [3.05, 3.63) is 52.5 Å². The molecule has 0 amide bonds. The van der Waals surface area contributed by atoms with Gasteiger partial charge in [0, 0.05) is 6.04 Å². The van der Waals surface area contributed by atoms with E-state index >= 15 is 0 Å². The lowest BCUT2D eigenvalue weighted by molar-refractivity contribution is -0.139. The van der Waals surface area contributed by atoms with Gasteiger partial charge >= 0.3 is 12.1 Å². The third-order valence-electron chi connectivity index (χ3n) is 5.21. The molecule has 0 aromatic heterocycles. The molecule has 0 N–H and O–H groups in total. The number of hydrogen-bond donors (Lipinski definition) is 0. The summed E-state index contributed by atoms with van der Waals surface area (Å²) in [7, 11) is 3.11. The lowest BCUT2D eigenvalue weighted by Crippen LogP contribution is -2.38. The fraction of sp³-hybridized carbons (Fsp3) is 0.409. The van der Waals surface area contributed by atoms with E-state index in [-0.39, 0.29) is 18.3 Å². The van der Waals surface area contributed by atoms with E-state index in [9.17, 15) is 18.0 Å². The second-order valence-corrected chi connectivity index (χ2v) is 7.62. The lowest BCUT2D eigenvalue weighted by Gasteiger charge is -2.35. The van der Waals surface area contributed by atoms with E-state index in [4.69, 9.17) is 25.8 Å². The van der Waals surface area contributed by atoms with Crippen LogP contribution in [0.25, 0.3) is 0 Å². The summed E-state index contributed by atoms with van der Waals surface area (Å²) in [5.41, 5.74) is -0.0726. The van der Waals surface area contributed by atoms with E-state index in [0.717, 1.165) is 37.0 Å². The van der Waals surface area contributed by atoms with Crippen molar-refractivity contribution in [1.29, 1.82) is 0 Å². The maximum absolute atomic E-state index is 13.0. The van der Waals surface area contributed by atoms with Gasteiger partial charge in [0.25, 0.3) is 0 Å². The molecular formula is C22H23ClF3NO4. The minimum absolute atomic E-state index is 0.0444. The smallest absolute Gasteiger partial charge is 0.417 e. The molecule has 168 valence electrons. The fourth-order valence-electron chi connectivity index (χ4n) is 3.73. The molecule has 1 aliphatic heterocycles. The highest BCUT2D eigenvalue weighted by molar-refractivity contribution is 6.31. The molecule has 31 heavy (non-hydrogen) atoms. The number of likely N-dealkylation sites (tertiary alicyclic amines) is 1. The van der Waals surface area contributed by atoms with E-state index in [1.807, 2.05) is 23.1 Å². The van der Waals surface area contributed by atoms with Crippen LogP contribution in [0.15, 0.2) is 36.4 Å². The van der Waals surface area contributed by atoms with Gasteiger partial charge in [0.15, 0.2) is 11.5 Å². The topological polar surface area (TPSA) is 48.0 Å². The normalized spacial score (nSPS) is 17.3. The Labute approximate surface area is 183 Å². The van der Waals surface area contributed by atoms with Crippen LogP contribution in [-0.4, -0.2) is 38.2 Å². The summed E-state index contributed by atoms with van der Waals surface area (Å²) < 4.78 is 55.0. The molecule has 3 rings (SSSR count). The van der Waals surface area contributed by atoms with Crippen LogP contribution in [0.4, 0.5) is 13.2 Å². The first-order chi connectivity index (χ1) is 14.7. The standard InChI is InChI=1S/C22H23ClF3NO4/c1-29-19-9-6-14(11-20(19)30-2)18-5-3-4-10-27(18)13-21(28)31-15-7-8-17(23)16(12-15)22(24,25)26/h6-9,11-12,18H,3-5,10,13H2,1-2H3. The van der Waals surface area contributed by atoms with Gasteiger partial charge < -0.3 is 14.2 Å². The van der Waals surface area contributed by atoms with E-state index in [1.165, 1.54) is 6.07 Å². The van der Waals surface area contributed by atoms with Crippen LogP contribution in [0.3, 0.4) is 0 Å². The monoisotopic (exact) mass is 457 g/mol. The number of ether oxygens (including phenoxy) is 3. The molecular weight excluding hydrogens is 435 g/mol. The first-order valence-corrected chi connectivity index (χ1v) is 10.1. The highest BCUT2D eigenvalue weighted by Crippen LogP contribution is 2.38. The number of benzene rings is 2. The molecule has 1 atom stereocenters. The molecule has 1 fully saturated rings. The van der Waals surface area contributed by atoms with Crippen LogP contribution >= 0.6 is 11.6 Å². The van der Waals surface area contributed by atoms with Crippen molar-refractivity contribution >= 4 is 17.6 Å². The van der Waals surface area contributed by atoms with Gasteiger partial charge in [-0.3, -0.25) is 9.69 Å². The predicted molar refractivity (Wildman–Crippen MR) is 110 cm³/mol. The molecule has 9 heteroatoms. The summed E-state index contributed by atoms with van der Waals surface area (Å²) in [5, 5.41) is -0.447. The van der Waals surface area contributed by atoms with Gasteiger partial charge in [-0.25, -0.2) is 0 Å². The number of methoxy groups -OCH3 is 2. The first-order valence-electron chi connectivity index (χ1n) is 9.76. The molecule has 2 aromatic carbocycles. The predicted octanol–water partition coefficient (Wildman–Crippen LogP) is 5.51. The zero-order valence-corrected chi connectivity index (χ0v) is 17.9. The van der Waals surface area contributed by atoms with E-state index < -0.39 is 22.7 Å². The highest BCUT2D eigenvalue weighted by atomic mass is 35.5. The number of carbonyl (C=O) groups is 1. The Balaban J connectivity index is 1.74. The van der Waals surface area contributed by atoms with Crippen LogP contribution < -0.4 is 14.2 Å². The Morgan fingerprint density at radius 3 is 2.52 bits per heavy atom. The first kappa shape index (κ1) is 23.2. The summed E-state index contributed by atoms with van der Waals surface area (Å²) in [6.07, 6.45) is -1.89. The number of rotatable bonds is 6. The van der Waals surface area contributed by atoms with Crippen molar-refractivity contribution in [2.45, 2.75) is 31.5 Å². The molecule has 1 unspecified atom stereocenters. The van der Waals surface area contributed by atoms with Crippen LogP contribution in [0.1, 0.15) is 36.4 Å². The summed E-state index contributed by atoms with van der Waals surface area (Å²) in [5.74, 6) is 0.370. The summed E-state index contributed by atoms with van der Waals surface area (Å²) in [4.78, 5) is 14.5. The molecule has 2 aromatic rings. The van der Waals surface area contributed by atoms with Gasteiger partial charge in [-0.05, 0) is 55.3 Å². The highest BCUT2D eigenvalue weighted by Gasteiger charge is 2.34. The number of esters is 1. The van der Waals surface area contributed by atoms with Crippen molar-refractivity contribution < 1.29 is 32.2 Å². The Bertz CT molecular complexity index is 935. The number of hydrogen-bond acceptors (Lipinski definition) is 5. The maximum Gasteiger partial charge on any atom is 0.417 e. The molecule has 0 aliphatic carbocycles. The lowest BCUT2D eigenvalue weighted by atomic mass is 9.95. The number of carbonyl (C=O) groups excluding carboxylic acids is 1. The largest absolute Gasteiger partial charge is 0.493 e. The summed E-state index contributed by atoms with van der Waals surface area (Å²) >= 11 is 5.62. The molecule has 1 aliphatic rings. The van der Waals surface area contributed by atoms with Crippen molar-refractivity contribution in [3.8, 4) is 17.2 Å². The SMILES string of the molecule is COc1ccc(C2CCCCN2CC(=O)Oc2ccc(Cl)c(C(F)(F)F)c2)cc1OC. The van der Waals surface area contributed by atoms with Gasteiger partial charge in [-0.1, -0.05) is 24.1 Å². The molecule has 5 nitrogen and oxygen atoms in total. The fourth-order valence-corrected chi connectivity index (χ4v) is 3.96. The Morgan fingerprint density at radius 2 is 1.84 bits per heavy atom. The minimum Gasteiger partial charge on any atom is -0.493 e. The van der Waals surface area contributed by atoms with Gasteiger partial charge in [0.05, 0.1) is 31.4 Å². The number of halogens is 4. The van der Waals surface area contributed by atoms with Gasteiger partial charge in [-0.2, -0.15) is 13.2 Å².